The van der Waals surface area contributed by atoms with E-state index < -0.39 is 5.60 Å². The van der Waals surface area contributed by atoms with Crippen molar-refractivity contribution in [3.8, 4) is 5.75 Å². The van der Waals surface area contributed by atoms with Crippen LogP contribution >= 0.6 is 0 Å². The smallest absolute Gasteiger partial charge is 0.342 e. The van der Waals surface area contributed by atoms with Crippen LogP contribution in [-0.4, -0.2) is 18.7 Å². The molecule has 0 unspecified atom stereocenters. The van der Waals surface area contributed by atoms with Crippen LogP contribution in [0.5, 0.6) is 5.75 Å². The molecule has 3 nitrogen and oxygen atoms in total. The van der Waals surface area contributed by atoms with Crippen molar-refractivity contribution in [3.63, 3.8) is 0 Å². The van der Waals surface area contributed by atoms with Crippen LogP contribution in [0.1, 0.15) is 42.3 Å². The maximum Gasteiger partial charge on any atom is 0.342 e. The number of hydrogen-bond donors (Lipinski definition) is 0. The van der Waals surface area contributed by atoms with Crippen molar-refractivity contribution >= 4 is 5.97 Å². The van der Waals surface area contributed by atoms with Crippen LogP contribution in [0.4, 0.5) is 0 Å². The minimum atomic E-state index is -0.500. The summed E-state index contributed by atoms with van der Waals surface area (Å²) in [7, 11) is 1.56. The lowest BCUT2D eigenvalue weighted by Gasteiger charge is -2.21. The van der Waals surface area contributed by atoms with Gasteiger partial charge in [-0.15, -0.1) is 0 Å². The van der Waals surface area contributed by atoms with Gasteiger partial charge in [0.05, 0.1) is 7.11 Å². The average Bonchev–Trinajstić information content (AvgIpc) is 2.13. The summed E-state index contributed by atoms with van der Waals surface area (Å²) in [4.78, 5) is 12.0. The molecule has 1 aromatic rings. The molecular weight excluding hydrogens is 216 g/mol. The lowest BCUT2D eigenvalue weighted by molar-refractivity contribution is 0.00662. The summed E-state index contributed by atoms with van der Waals surface area (Å²) in [6.07, 6.45) is 0. The Kier molecular flexibility index (Phi) is 3.81. The number of hydrogen-bond acceptors (Lipinski definition) is 3. The van der Waals surface area contributed by atoms with Gasteiger partial charge in [-0.25, -0.2) is 4.79 Å². The summed E-state index contributed by atoms with van der Waals surface area (Å²) < 4.78 is 10.6. The Morgan fingerprint density at radius 1 is 1.18 bits per heavy atom. The van der Waals surface area contributed by atoms with Crippen LogP contribution in [0.25, 0.3) is 0 Å². The highest BCUT2D eigenvalue weighted by Crippen LogP contribution is 2.27. The monoisotopic (exact) mass is 236 g/mol. The molecule has 0 saturated carbocycles. The lowest BCUT2D eigenvalue weighted by atomic mass is 10.1. The van der Waals surface area contributed by atoms with E-state index in [9.17, 15) is 4.79 Å². The van der Waals surface area contributed by atoms with Crippen LogP contribution in [-0.2, 0) is 4.74 Å². The molecule has 0 radical (unpaired) electrons. The van der Waals surface area contributed by atoms with Gasteiger partial charge < -0.3 is 9.47 Å². The second-order valence-corrected chi connectivity index (χ2v) is 5.16. The molecule has 0 aromatic heterocycles. The number of benzene rings is 1. The zero-order chi connectivity index (χ0) is 13.2. The van der Waals surface area contributed by atoms with Gasteiger partial charge in [-0.2, -0.15) is 0 Å². The fraction of sp³-hybridized carbons (Fsp3) is 0.500. The molecule has 0 aliphatic rings. The van der Waals surface area contributed by atoms with Crippen LogP contribution in [0, 0.1) is 13.8 Å². The Bertz CT molecular complexity index is 428. The second kappa shape index (κ2) is 4.78. The molecule has 0 aliphatic heterocycles. The number of aryl methyl sites for hydroxylation is 2. The summed E-state index contributed by atoms with van der Waals surface area (Å²) in [6, 6.07) is 3.77. The number of ether oxygens (including phenoxy) is 2. The largest absolute Gasteiger partial charge is 0.496 e. The van der Waals surface area contributed by atoms with E-state index in [1.165, 1.54) is 0 Å². The van der Waals surface area contributed by atoms with Crippen molar-refractivity contribution in [2.75, 3.05) is 7.11 Å². The van der Waals surface area contributed by atoms with Crippen molar-refractivity contribution in [1.82, 2.24) is 0 Å². The van der Waals surface area contributed by atoms with E-state index in [2.05, 4.69) is 0 Å². The minimum Gasteiger partial charge on any atom is -0.496 e. The number of carbonyl (C=O) groups is 1. The minimum absolute atomic E-state index is 0.346. The Balaban J connectivity index is 3.16. The molecule has 0 atom stereocenters. The molecular formula is C14H20O3. The highest BCUT2D eigenvalue weighted by atomic mass is 16.6. The highest BCUT2D eigenvalue weighted by Gasteiger charge is 2.22. The maximum absolute atomic E-state index is 12.0. The predicted octanol–water partition coefficient (Wildman–Crippen LogP) is 3.27. The van der Waals surface area contributed by atoms with Gasteiger partial charge in [0.25, 0.3) is 0 Å². The molecule has 0 N–H and O–H groups in total. The molecule has 0 amide bonds. The normalized spacial score (nSPS) is 11.2. The van der Waals surface area contributed by atoms with Crippen LogP contribution < -0.4 is 4.74 Å². The molecule has 0 fully saturated rings. The number of carbonyl (C=O) groups excluding carboxylic acids is 1. The van der Waals surface area contributed by atoms with Gasteiger partial charge in [0.15, 0.2) is 0 Å². The summed E-state index contributed by atoms with van der Waals surface area (Å²) in [5.74, 6) is 0.242. The van der Waals surface area contributed by atoms with Gasteiger partial charge >= 0.3 is 5.97 Å². The van der Waals surface area contributed by atoms with Gasteiger partial charge in [0, 0.05) is 0 Å². The molecule has 3 heteroatoms. The van der Waals surface area contributed by atoms with E-state index in [-0.39, 0.29) is 5.97 Å². The Labute approximate surface area is 103 Å². The Hall–Kier alpha value is -1.51. The van der Waals surface area contributed by atoms with Crippen molar-refractivity contribution < 1.29 is 14.3 Å². The van der Waals surface area contributed by atoms with Crippen molar-refractivity contribution in [2.45, 2.75) is 40.2 Å². The van der Waals surface area contributed by atoms with E-state index in [1.54, 1.807) is 13.2 Å². The molecule has 94 valence electrons. The van der Waals surface area contributed by atoms with Crippen molar-refractivity contribution in [1.29, 1.82) is 0 Å². The van der Waals surface area contributed by atoms with Crippen LogP contribution in [0.3, 0.4) is 0 Å². The standard InChI is InChI=1S/C14H20O3/c1-9-7-10(2)12(16-6)11(8-9)13(15)17-14(3,4)5/h7-8H,1-6H3. The average molecular weight is 236 g/mol. The first-order valence-electron chi connectivity index (χ1n) is 5.63. The second-order valence-electron chi connectivity index (χ2n) is 5.16. The van der Waals surface area contributed by atoms with Crippen molar-refractivity contribution in [2.24, 2.45) is 0 Å². The van der Waals surface area contributed by atoms with E-state index in [0.717, 1.165) is 11.1 Å². The zero-order valence-corrected chi connectivity index (χ0v) is 11.4. The third kappa shape index (κ3) is 3.48. The Morgan fingerprint density at radius 2 is 1.76 bits per heavy atom. The van der Waals surface area contributed by atoms with Gasteiger partial charge in [-0.05, 0) is 51.8 Å². The molecule has 1 rings (SSSR count). The van der Waals surface area contributed by atoms with Crippen LogP contribution in [0.15, 0.2) is 12.1 Å². The third-order valence-corrected chi connectivity index (χ3v) is 2.24. The molecule has 0 saturated heterocycles. The molecule has 0 spiro atoms. The van der Waals surface area contributed by atoms with E-state index >= 15 is 0 Å². The molecule has 0 aliphatic carbocycles. The summed E-state index contributed by atoms with van der Waals surface area (Å²) >= 11 is 0. The predicted molar refractivity (Wildman–Crippen MR) is 67.6 cm³/mol. The maximum atomic E-state index is 12.0. The molecule has 0 heterocycles. The zero-order valence-electron chi connectivity index (χ0n) is 11.4. The van der Waals surface area contributed by atoms with E-state index in [0.29, 0.717) is 11.3 Å². The van der Waals surface area contributed by atoms with Crippen LogP contribution in [0.2, 0.25) is 0 Å². The number of rotatable bonds is 2. The van der Waals surface area contributed by atoms with Gasteiger partial charge in [-0.3, -0.25) is 0 Å². The highest BCUT2D eigenvalue weighted by molar-refractivity contribution is 5.93. The first-order valence-corrected chi connectivity index (χ1v) is 5.63. The summed E-state index contributed by atoms with van der Waals surface area (Å²) in [5.41, 5.74) is 1.94. The molecule has 17 heavy (non-hydrogen) atoms. The summed E-state index contributed by atoms with van der Waals surface area (Å²) in [6.45, 7) is 9.40. The number of esters is 1. The van der Waals surface area contributed by atoms with E-state index in [4.69, 9.17) is 9.47 Å². The van der Waals surface area contributed by atoms with Gasteiger partial charge in [0.1, 0.15) is 16.9 Å². The third-order valence-electron chi connectivity index (χ3n) is 2.24. The van der Waals surface area contributed by atoms with Crippen molar-refractivity contribution in [3.05, 3.63) is 28.8 Å². The molecule has 0 bridgehead atoms. The summed E-state index contributed by atoms with van der Waals surface area (Å²) in [5, 5.41) is 0. The number of methoxy groups -OCH3 is 1. The van der Waals surface area contributed by atoms with Gasteiger partial charge in [-0.1, -0.05) is 6.07 Å². The topological polar surface area (TPSA) is 35.5 Å². The SMILES string of the molecule is COc1c(C)cc(C)cc1C(=O)OC(C)(C)C. The quantitative estimate of drug-likeness (QED) is 0.739. The first-order chi connectivity index (χ1) is 7.74. The van der Waals surface area contributed by atoms with Gasteiger partial charge in [0.2, 0.25) is 0 Å². The fourth-order valence-electron chi connectivity index (χ4n) is 1.71. The first kappa shape index (κ1) is 13.6. The van der Waals surface area contributed by atoms with E-state index in [1.807, 2.05) is 40.7 Å². The Morgan fingerprint density at radius 3 is 2.24 bits per heavy atom. The molecule has 1 aromatic carbocycles. The lowest BCUT2D eigenvalue weighted by Crippen LogP contribution is -2.24. The fourth-order valence-corrected chi connectivity index (χ4v) is 1.71.